The van der Waals surface area contributed by atoms with Crippen LogP contribution in [-0.2, 0) is 12.1 Å². The van der Waals surface area contributed by atoms with Crippen molar-refractivity contribution in [1.82, 2.24) is 14.8 Å². The lowest BCUT2D eigenvalue weighted by atomic mass is 9.85. The highest BCUT2D eigenvalue weighted by Gasteiger charge is 2.41. The standard InChI is InChI=1S/C19H27F2N3OS/c1-3-10-23(2)13-17-22-16(14-26-17)18(25)8-11-24(12-9-18)15-4-6-19(20,21)7-5-15/h1,14-15,25H,4-13H2,2H3. The summed E-state index contributed by atoms with van der Waals surface area (Å²) in [6, 6.07) is 0.225. The van der Waals surface area contributed by atoms with E-state index in [1.165, 1.54) is 0 Å². The molecule has 1 saturated heterocycles. The van der Waals surface area contributed by atoms with Crippen LogP contribution in [0.2, 0.25) is 0 Å². The minimum Gasteiger partial charge on any atom is -0.383 e. The Kier molecular flexibility index (Phi) is 5.97. The van der Waals surface area contributed by atoms with Gasteiger partial charge in [0.1, 0.15) is 10.6 Å². The average molecular weight is 384 g/mol. The van der Waals surface area contributed by atoms with E-state index in [0.717, 1.165) is 23.8 Å². The molecule has 1 aromatic heterocycles. The van der Waals surface area contributed by atoms with Crippen molar-refractivity contribution in [1.29, 1.82) is 0 Å². The first-order chi connectivity index (χ1) is 12.3. The van der Waals surface area contributed by atoms with Gasteiger partial charge in [0.25, 0.3) is 0 Å². The summed E-state index contributed by atoms with van der Waals surface area (Å²) in [5.41, 5.74) is -0.171. The van der Waals surface area contributed by atoms with Crippen molar-refractivity contribution in [2.24, 2.45) is 0 Å². The van der Waals surface area contributed by atoms with Crippen LogP contribution in [0.1, 0.15) is 49.2 Å². The Hall–Kier alpha value is -1.07. The minimum absolute atomic E-state index is 0.0148. The van der Waals surface area contributed by atoms with E-state index in [0.29, 0.717) is 38.8 Å². The molecule has 2 aliphatic rings. The third-order valence-corrected chi connectivity index (χ3v) is 6.46. The van der Waals surface area contributed by atoms with Crippen LogP contribution in [0.15, 0.2) is 5.38 Å². The molecule has 7 heteroatoms. The zero-order valence-electron chi connectivity index (χ0n) is 15.3. The smallest absolute Gasteiger partial charge is 0.248 e. The first kappa shape index (κ1) is 19.7. The van der Waals surface area contributed by atoms with Crippen LogP contribution >= 0.6 is 11.3 Å². The molecule has 0 atom stereocenters. The van der Waals surface area contributed by atoms with Crippen LogP contribution < -0.4 is 0 Å². The lowest BCUT2D eigenvalue weighted by Crippen LogP contribution is -2.49. The molecule has 144 valence electrons. The molecule has 1 aliphatic heterocycles. The number of thiazole rings is 1. The van der Waals surface area contributed by atoms with Crippen molar-refractivity contribution in [3.63, 3.8) is 0 Å². The molecule has 1 aromatic rings. The molecule has 3 rings (SSSR count). The van der Waals surface area contributed by atoms with Gasteiger partial charge in [-0.3, -0.25) is 4.90 Å². The van der Waals surface area contributed by atoms with Crippen LogP contribution in [0, 0.1) is 12.3 Å². The number of aromatic nitrogens is 1. The van der Waals surface area contributed by atoms with E-state index in [1.807, 2.05) is 17.3 Å². The molecular formula is C19H27F2N3OS. The fourth-order valence-corrected chi connectivity index (χ4v) is 4.91. The SMILES string of the molecule is C#CCN(C)Cc1nc(C2(O)CCN(C3CCC(F)(F)CC3)CC2)cs1. The van der Waals surface area contributed by atoms with Gasteiger partial charge in [-0.05, 0) is 32.7 Å². The first-order valence-corrected chi connectivity index (χ1v) is 10.1. The van der Waals surface area contributed by atoms with Crippen LogP contribution in [0.4, 0.5) is 8.78 Å². The summed E-state index contributed by atoms with van der Waals surface area (Å²) in [5.74, 6) is 0.118. The second-order valence-corrected chi connectivity index (χ2v) is 8.60. The number of halogens is 2. The molecule has 1 N–H and O–H groups in total. The highest BCUT2D eigenvalue weighted by molar-refractivity contribution is 7.09. The molecule has 0 amide bonds. The van der Waals surface area contributed by atoms with Gasteiger partial charge >= 0.3 is 0 Å². The minimum atomic E-state index is -2.49. The quantitative estimate of drug-likeness (QED) is 0.794. The lowest BCUT2D eigenvalue weighted by Gasteiger charge is -2.43. The molecule has 1 aliphatic carbocycles. The monoisotopic (exact) mass is 383 g/mol. The highest BCUT2D eigenvalue weighted by Crippen LogP contribution is 2.39. The average Bonchev–Trinajstić information content (AvgIpc) is 3.05. The van der Waals surface area contributed by atoms with E-state index in [-0.39, 0.29) is 18.9 Å². The Balaban J connectivity index is 1.55. The van der Waals surface area contributed by atoms with Crippen LogP contribution in [0.25, 0.3) is 0 Å². The zero-order chi connectivity index (χ0) is 18.8. The fraction of sp³-hybridized carbons (Fsp3) is 0.737. The number of nitrogens with zero attached hydrogens (tertiary/aromatic N) is 3. The van der Waals surface area contributed by atoms with E-state index >= 15 is 0 Å². The summed E-state index contributed by atoms with van der Waals surface area (Å²) < 4.78 is 26.7. The largest absolute Gasteiger partial charge is 0.383 e. The van der Waals surface area contributed by atoms with Gasteiger partial charge in [0.2, 0.25) is 5.92 Å². The molecule has 0 unspecified atom stereocenters. The van der Waals surface area contributed by atoms with Crippen molar-refractivity contribution < 1.29 is 13.9 Å². The number of aliphatic hydroxyl groups is 1. The normalized spacial score (nSPS) is 23.8. The van der Waals surface area contributed by atoms with Gasteiger partial charge in [0.15, 0.2) is 0 Å². The van der Waals surface area contributed by atoms with Crippen molar-refractivity contribution in [2.45, 2.75) is 62.6 Å². The summed E-state index contributed by atoms with van der Waals surface area (Å²) in [4.78, 5) is 8.91. The lowest BCUT2D eigenvalue weighted by molar-refractivity contribution is -0.0751. The molecule has 0 spiro atoms. The fourth-order valence-electron chi connectivity index (χ4n) is 3.95. The summed E-state index contributed by atoms with van der Waals surface area (Å²) in [5, 5.41) is 13.9. The second-order valence-electron chi connectivity index (χ2n) is 7.66. The van der Waals surface area contributed by atoms with E-state index < -0.39 is 11.5 Å². The van der Waals surface area contributed by atoms with Crippen LogP contribution in [0.3, 0.4) is 0 Å². The van der Waals surface area contributed by atoms with Gasteiger partial charge in [-0.15, -0.1) is 17.8 Å². The van der Waals surface area contributed by atoms with Gasteiger partial charge in [-0.2, -0.15) is 0 Å². The predicted octanol–water partition coefficient (Wildman–Crippen LogP) is 3.07. The Bertz CT molecular complexity index is 639. The molecule has 0 aromatic carbocycles. The van der Waals surface area contributed by atoms with Crippen molar-refractivity contribution in [2.75, 3.05) is 26.7 Å². The van der Waals surface area contributed by atoms with Gasteiger partial charge in [0.05, 0.1) is 18.8 Å². The van der Waals surface area contributed by atoms with Crippen molar-refractivity contribution in [3.05, 3.63) is 16.1 Å². The molecule has 0 bridgehead atoms. The summed E-state index contributed by atoms with van der Waals surface area (Å²) in [6.07, 6.45) is 7.59. The molecule has 2 heterocycles. The van der Waals surface area contributed by atoms with E-state index in [9.17, 15) is 13.9 Å². The predicted molar refractivity (Wildman–Crippen MR) is 99.2 cm³/mol. The molecule has 2 fully saturated rings. The number of hydrogen-bond acceptors (Lipinski definition) is 5. The van der Waals surface area contributed by atoms with Gasteiger partial charge in [-0.1, -0.05) is 5.92 Å². The Morgan fingerprint density at radius 1 is 1.35 bits per heavy atom. The number of terminal acetylenes is 1. The molecule has 4 nitrogen and oxygen atoms in total. The van der Waals surface area contributed by atoms with Crippen molar-refractivity contribution >= 4 is 11.3 Å². The molecule has 26 heavy (non-hydrogen) atoms. The van der Waals surface area contributed by atoms with Crippen molar-refractivity contribution in [3.8, 4) is 12.3 Å². The second kappa shape index (κ2) is 7.89. The van der Waals surface area contributed by atoms with E-state index in [1.54, 1.807) is 11.3 Å². The maximum atomic E-state index is 13.4. The molecule has 0 radical (unpaired) electrons. The Labute approximate surface area is 158 Å². The van der Waals surface area contributed by atoms with E-state index in [2.05, 4.69) is 15.8 Å². The highest BCUT2D eigenvalue weighted by atomic mass is 32.1. The Morgan fingerprint density at radius 3 is 2.62 bits per heavy atom. The maximum absolute atomic E-state index is 13.4. The third kappa shape index (κ3) is 4.61. The summed E-state index contributed by atoms with van der Waals surface area (Å²) in [7, 11) is 1.95. The Morgan fingerprint density at radius 2 is 2.00 bits per heavy atom. The first-order valence-electron chi connectivity index (χ1n) is 9.22. The number of piperidine rings is 1. The zero-order valence-corrected chi connectivity index (χ0v) is 16.1. The summed E-state index contributed by atoms with van der Waals surface area (Å²) in [6.45, 7) is 2.70. The number of rotatable bonds is 5. The van der Waals surface area contributed by atoms with E-state index in [4.69, 9.17) is 6.42 Å². The molecule has 1 saturated carbocycles. The number of hydrogen-bond donors (Lipinski definition) is 1. The van der Waals surface area contributed by atoms with Gasteiger partial charge in [-0.25, -0.2) is 13.8 Å². The van der Waals surface area contributed by atoms with Crippen LogP contribution in [0.5, 0.6) is 0 Å². The third-order valence-electron chi connectivity index (χ3n) is 5.62. The van der Waals surface area contributed by atoms with Gasteiger partial charge in [0, 0.05) is 37.4 Å². The maximum Gasteiger partial charge on any atom is 0.248 e. The topological polar surface area (TPSA) is 39.6 Å². The summed E-state index contributed by atoms with van der Waals surface area (Å²) >= 11 is 1.55. The van der Waals surface area contributed by atoms with Crippen LogP contribution in [-0.4, -0.2) is 58.5 Å². The van der Waals surface area contributed by atoms with Gasteiger partial charge < -0.3 is 10.0 Å². The number of likely N-dealkylation sites (tertiary alicyclic amines) is 1. The number of alkyl halides is 2. The molecular weight excluding hydrogens is 356 g/mol.